The summed E-state index contributed by atoms with van der Waals surface area (Å²) in [6.45, 7) is 1.99. The second-order valence-corrected chi connectivity index (χ2v) is 7.45. The predicted octanol–water partition coefficient (Wildman–Crippen LogP) is 6.21. The van der Waals surface area contributed by atoms with Crippen molar-refractivity contribution in [3.05, 3.63) is 82.6 Å². The number of azo groups is 1. The molecule has 0 radical (unpaired) electrons. The van der Waals surface area contributed by atoms with Crippen molar-refractivity contribution < 1.29 is 5.11 Å². The van der Waals surface area contributed by atoms with Gasteiger partial charge in [-0.1, -0.05) is 40.2 Å². The van der Waals surface area contributed by atoms with E-state index in [9.17, 15) is 5.11 Å². The maximum atomic E-state index is 10.6. The summed E-state index contributed by atoms with van der Waals surface area (Å²) in [4.78, 5) is 8.94. The van der Waals surface area contributed by atoms with Crippen LogP contribution in [-0.4, -0.2) is 20.5 Å². The normalized spacial score (nSPS) is 12.2. The second-order valence-electron chi connectivity index (χ2n) is 6.54. The smallest absolute Gasteiger partial charge is 0.220 e. The maximum absolute atomic E-state index is 10.6. The summed E-state index contributed by atoms with van der Waals surface area (Å²) in [7, 11) is 1.80. The molecule has 144 valence electrons. The molecule has 0 fully saturated rings. The van der Waals surface area contributed by atoms with E-state index in [0.29, 0.717) is 17.2 Å². The van der Waals surface area contributed by atoms with Crippen LogP contribution in [0, 0.1) is 6.92 Å². The lowest BCUT2D eigenvalue weighted by molar-refractivity contribution is 0.436. The van der Waals surface area contributed by atoms with Crippen LogP contribution in [0.4, 0.5) is 11.4 Å². The minimum absolute atomic E-state index is 0.0463. The number of nitrogens with zero attached hydrogens (tertiary/aromatic N) is 5. The molecule has 0 amide bonds. The van der Waals surface area contributed by atoms with Gasteiger partial charge in [0.1, 0.15) is 5.69 Å². The Kier molecular flexibility index (Phi) is 5.22. The Morgan fingerprint density at radius 2 is 1.83 bits per heavy atom. The first-order valence-electron chi connectivity index (χ1n) is 8.99. The Morgan fingerprint density at radius 3 is 2.55 bits per heavy atom. The molecule has 0 spiro atoms. The number of pyridine rings is 1. The van der Waals surface area contributed by atoms with Crippen molar-refractivity contribution in [2.45, 2.75) is 6.92 Å². The summed E-state index contributed by atoms with van der Waals surface area (Å²) in [5, 5.41) is 20.2. The molecule has 0 aliphatic rings. The average molecular weight is 448 g/mol. The Bertz CT molecular complexity index is 1230. The fourth-order valence-electron chi connectivity index (χ4n) is 3.19. The summed E-state index contributed by atoms with van der Waals surface area (Å²) >= 11 is 3.52. The molecule has 0 saturated carbocycles. The molecule has 4 aromatic rings. The van der Waals surface area contributed by atoms with Gasteiger partial charge in [-0.3, -0.25) is 4.98 Å². The number of aryl methyl sites for hydroxylation is 2. The third-order valence-electron chi connectivity index (χ3n) is 4.52. The first kappa shape index (κ1) is 19.0. The minimum Gasteiger partial charge on any atom is -0.493 e. The van der Waals surface area contributed by atoms with Crippen molar-refractivity contribution in [1.29, 1.82) is 0 Å². The van der Waals surface area contributed by atoms with Crippen LogP contribution in [0.3, 0.4) is 0 Å². The van der Waals surface area contributed by atoms with Gasteiger partial charge < -0.3 is 9.67 Å². The maximum Gasteiger partial charge on any atom is 0.220 e. The molecule has 0 aliphatic heterocycles. The monoisotopic (exact) mass is 447 g/mol. The van der Waals surface area contributed by atoms with E-state index < -0.39 is 0 Å². The van der Waals surface area contributed by atoms with Gasteiger partial charge >= 0.3 is 0 Å². The van der Waals surface area contributed by atoms with Crippen LogP contribution >= 0.6 is 15.9 Å². The molecule has 2 aromatic carbocycles. The van der Waals surface area contributed by atoms with Crippen molar-refractivity contribution in [2.24, 2.45) is 22.3 Å². The van der Waals surface area contributed by atoms with Crippen molar-refractivity contribution in [3.8, 4) is 5.88 Å². The van der Waals surface area contributed by atoms with Gasteiger partial charge in [-0.25, -0.2) is 4.99 Å². The number of hydrogen-bond acceptors (Lipinski definition) is 4. The lowest BCUT2D eigenvalue weighted by atomic mass is 10.1. The molecule has 6 nitrogen and oxygen atoms in total. The topological polar surface area (TPSA) is 75.1 Å². The zero-order valence-corrected chi connectivity index (χ0v) is 17.5. The zero-order chi connectivity index (χ0) is 20.4. The summed E-state index contributed by atoms with van der Waals surface area (Å²) in [5.41, 5.74) is 3.66. The molecule has 1 N–H and O–H groups in total. The first-order valence-corrected chi connectivity index (χ1v) is 9.78. The van der Waals surface area contributed by atoms with Crippen LogP contribution in [-0.2, 0) is 7.05 Å². The third kappa shape index (κ3) is 3.82. The Morgan fingerprint density at radius 1 is 1.07 bits per heavy atom. The van der Waals surface area contributed by atoms with Gasteiger partial charge in [0.05, 0.1) is 11.2 Å². The number of rotatable bonds is 3. The Balaban J connectivity index is 1.85. The number of amidine groups is 1. The van der Waals surface area contributed by atoms with Gasteiger partial charge in [0, 0.05) is 23.1 Å². The molecule has 0 unspecified atom stereocenters. The van der Waals surface area contributed by atoms with Crippen LogP contribution in [0.5, 0.6) is 5.88 Å². The quantitative estimate of drug-likeness (QED) is 0.230. The molecular formula is C22H18BrN5O. The van der Waals surface area contributed by atoms with Crippen LogP contribution < -0.4 is 0 Å². The fraction of sp³-hybridized carbons (Fsp3) is 0.0909. The molecule has 2 heterocycles. The molecule has 29 heavy (non-hydrogen) atoms. The highest BCUT2D eigenvalue weighted by Crippen LogP contribution is 2.40. The number of halogens is 1. The van der Waals surface area contributed by atoms with Gasteiger partial charge in [-0.2, -0.15) is 0 Å². The third-order valence-corrected chi connectivity index (χ3v) is 4.97. The van der Waals surface area contributed by atoms with Crippen molar-refractivity contribution >= 4 is 44.0 Å². The number of para-hydroxylation sites is 1. The van der Waals surface area contributed by atoms with Crippen LogP contribution in [0.1, 0.15) is 11.3 Å². The van der Waals surface area contributed by atoms with E-state index in [0.717, 1.165) is 26.6 Å². The number of benzene rings is 2. The number of aromatic hydroxyl groups is 1. The van der Waals surface area contributed by atoms with E-state index in [-0.39, 0.29) is 5.88 Å². The average Bonchev–Trinajstić information content (AvgIpc) is 2.96. The van der Waals surface area contributed by atoms with Gasteiger partial charge in [0.2, 0.25) is 11.7 Å². The molecule has 0 atom stereocenters. The van der Waals surface area contributed by atoms with E-state index >= 15 is 0 Å². The molecule has 2 aromatic heterocycles. The van der Waals surface area contributed by atoms with Gasteiger partial charge in [-0.15, -0.1) is 10.2 Å². The number of fused-ring (bicyclic) bond motifs is 1. The Hall–Kier alpha value is -3.32. The van der Waals surface area contributed by atoms with E-state index in [4.69, 9.17) is 0 Å². The van der Waals surface area contributed by atoms with Crippen LogP contribution in [0.2, 0.25) is 0 Å². The summed E-state index contributed by atoms with van der Waals surface area (Å²) in [5.74, 6) is 0.407. The predicted molar refractivity (Wildman–Crippen MR) is 118 cm³/mol. The summed E-state index contributed by atoms with van der Waals surface area (Å²) < 4.78 is 2.62. The number of aromatic nitrogens is 2. The SMILES string of the molecule is Cc1cc(Br)cc2c(N=NC(=Nc3ccccc3)c3ccccn3)c(O)n(C)c12. The van der Waals surface area contributed by atoms with Gasteiger partial charge in [0.15, 0.2) is 5.69 Å². The highest BCUT2D eigenvalue weighted by Gasteiger charge is 2.17. The summed E-state index contributed by atoms with van der Waals surface area (Å²) in [6.07, 6.45) is 1.68. The molecular weight excluding hydrogens is 430 g/mol. The van der Waals surface area contributed by atoms with Crippen molar-refractivity contribution in [2.75, 3.05) is 0 Å². The summed E-state index contributed by atoms with van der Waals surface area (Å²) in [6, 6.07) is 18.9. The second kappa shape index (κ2) is 7.97. The van der Waals surface area contributed by atoms with Crippen molar-refractivity contribution in [1.82, 2.24) is 9.55 Å². The zero-order valence-electron chi connectivity index (χ0n) is 15.9. The van der Waals surface area contributed by atoms with Gasteiger partial charge in [0.25, 0.3) is 0 Å². The largest absolute Gasteiger partial charge is 0.493 e. The fourth-order valence-corrected chi connectivity index (χ4v) is 3.77. The Labute approximate surface area is 176 Å². The molecule has 0 saturated heterocycles. The highest BCUT2D eigenvalue weighted by molar-refractivity contribution is 9.10. The molecule has 4 rings (SSSR count). The van der Waals surface area contributed by atoms with E-state index in [1.807, 2.05) is 67.6 Å². The van der Waals surface area contributed by atoms with E-state index in [1.54, 1.807) is 17.8 Å². The van der Waals surface area contributed by atoms with Crippen LogP contribution in [0.15, 0.2) is 86.6 Å². The van der Waals surface area contributed by atoms with Gasteiger partial charge in [-0.05, 0) is 48.9 Å². The number of hydrogen-bond donors (Lipinski definition) is 1. The van der Waals surface area contributed by atoms with Crippen LogP contribution in [0.25, 0.3) is 10.9 Å². The van der Waals surface area contributed by atoms with Crippen molar-refractivity contribution in [3.63, 3.8) is 0 Å². The lowest BCUT2D eigenvalue weighted by Crippen LogP contribution is -1.98. The standard InChI is InChI=1S/C22H18BrN5O/c1-14-12-15(23)13-17-19(22(29)28(2)20(14)17)26-27-21(18-10-6-7-11-24-18)25-16-8-4-3-5-9-16/h3-13,29H,1-2H3. The lowest BCUT2D eigenvalue weighted by Gasteiger charge is -2.01. The van der Waals surface area contributed by atoms with E-state index in [2.05, 4.69) is 36.1 Å². The molecule has 7 heteroatoms. The highest BCUT2D eigenvalue weighted by atomic mass is 79.9. The minimum atomic E-state index is 0.0463. The first-order chi connectivity index (χ1) is 14.0. The number of aliphatic imine (C=N–C) groups is 1. The van der Waals surface area contributed by atoms with E-state index in [1.165, 1.54) is 0 Å². The molecule has 0 aliphatic carbocycles. The molecule has 0 bridgehead atoms.